The molecule has 6 heteroatoms. The second-order valence-corrected chi connectivity index (χ2v) is 4.67. The highest BCUT2D eigenvalue weighted by Gasteiger charge is 2.14. The predicted molar refractivity (Wildman–Crippen MR) is 66.9 cm³/mol. The Morgan fingerprint density at radius 3 is 3.00 bits per heavy atom. The fourth-order valence-corrected chi connectivity index (χ4v) is 2.12. The van der Waals surface area contributed by atoms with Gasteiger partial charge in [0.1, 0.15) is 5.15 Å². The summed E-state index contributed by atoms with van der Waals surface area (Å²) in [6, 6.07) is 3.24. The van der Waals surface area contributed by atoms with E-state index in [1.165, 1.54) is 17.5 Å². The van der Waals surface area contributed by atoms with Crippen LogP contribution >= 0.6 is 22.9 Å². The molecule has 0 saturated carbocycles. The number of nitrogens with zero attached hydrogens (tertiary/aromatic N) is 3. The Bertz CT molecular complexity index is 541. The average molecular weight is 267 g/mol. The minimum Gasteiger partial charge on any atom is -0.267 e. The quantitative estimate of drug-likeness (QED) is 0.803. The van der Waals surface area contributed by atoms with E-state index in [4.69, 9.17) is 11.6 Å². The van der Waals surface area contributed by atoms with E-state index in [0.29, 0.717) is 10.7 Å². The van der Waals surface area contributed by atoms with Gasteiger partial charge in [0, 0.05) is 17.3 Å². The number of amides is 1. The molecule has 0 bridgehead atoms. The lowest BCUT2D eigenvalue weighted by Gasteiger charge is -1.99. The van der Waals surface area contributed by atoms with E-state index in [1.807, 2.05) is 6.92 Å². The Kier molecular flexibility index (Phi) is 3.71. The molecule has 87 valence electrons. The molecule has 0 aliphatic carbocycles. The van der Waals surface area contributed by atoms with Crippen LogP contribution in [0.25, 0.3) is 0 Å². The van der Waals surface area contributed by atoms with Crippen LogP contribution < -0.4 is 5.32 Å². The predicted octanol–water partition coefficient (Wildman–Crippen LogP) is 2.83. The van der Waals surface area contributed by atoms with Crippen molar-refractivity contribution in [2.45, 2.75) is 13.3 Å². The number of halogens is 1. The lowest BCUT2D eigenvalue weighted by molar-refractivity contribution is 0.0968. The molecule has 0 unspecified atom stereocenters. The van der Waals surface area contributed by atoms with Crippen LogP contribution in [0.5, 0.6) is 0 Å². The summed E-state index contributed by atoms with van der Waals surface area (Å²) in [7, 11) is 0. The summed E-state index contributed by atoms with van der Waals surface area (Å²) in [5.41, 5.74) is 0.294. The second-order valence-electron chi connectivity index (χ2n) is 3.22. The Labute approximate surface area is 108 Å². The molecule has 17 heavy (non-hydrogen) atoms. The second kappa shape index (κ2) is 5.25. The van der Waals surface area contributed by atoms with Crippen molar-refractivity contribution < 1.29 is 4.79 Å². The summed E-state index contributed by atoms with van der Waals surface area (Å²) in [6.07, 6.45) is 4.13. The molecular formula is C11H9ClN3OS. The van der Waals surface area contributed by atoms with Crippen LogP contribution in [-0.2, 0) is 6.42 Å². The molecule has 0 saturated heterocycles. The highest BCUT2D eigenvalue weighted by atomic mass is 35.5. The number of hydrogen-bond acceptors (Lipinski definition) is 4. The first kappa shape index (κ1) is 12.0. The van der Waals surface area contributed by atoms with Gasteiger partial charge in [-0.3, -0.25) is 4.79 Å². The van der Waals surface area contributed by atoms with Gasteiger partial charge in [-0.1, -0.05) is 29.9 Å². The maximum Gasteiger partial charge on any atom is 0.282 e. The largest absolute Gasteiger partial charge is 0.282 e. The minimum atomic E-state index is -0.417. The summed E-state index contributed by atoms with van der Waals surface area (Å²) in [5.74, 6) is -0.417. The molecule has 0 aromatic carbocycles. The first-order valence-electron chi connectivity index (χ1n) is 5.02. The van der Waals surface area contributed by atoms with Gasteiger partial charge >= 0.3 is 0 Å². The molecular weight excluding hydrogens is 258 g/mol. The van der Waals surface area contributed by atoms with Crippen molar-refractivity contribution >= 4 is 34.0 Å². The van der Waals surface area contributed by atoms with Gasteiger partial charge in [0.2, 0.25) is 5.13 Å². The van der Waals surface area contributed by atoms with Gasteiger partial charge in [-0.25, -0.2) is 9.97 Å². The fourth-order valence-electron chi connectivity index (χ4n) is 1.20. The summed E-state index contributed by atoms with van der Waals surface area (Å²) in [6.45, 7) is 2.02. The molecule has 1 radical (unpaired) electrons. The number of aromatic nitrogens is 2. The molecule has 2 aromatic heterocycles. The van der Waals surface area contributed by atoms with Crippen molar-refractivity contribution in [1.82, 2.24) is 15.3 Å². The molecule has 0 aliphatic heterocycles. The highest BCUT2D eigenvalue weighted by molar-refractivity contribution is 7.15. The van der Waals surface area contributed by atoms with Crippen LogP contribution in [0.15, 0.2) is 24.5 Å². The zero-order chi connectivity index (χ0) is 12.3. The third kappa shape index (κ3) is 2.81. The number of pyridine rings is 1. The monoisotopic (exact) mass is 266 g/mol. The van der Waals surface area contributed by atoms with Crippen LogP contribution in [0.2, 0.25) is 5.15 Å². The lowest BCUT2D eigenvalue weighted by Crippen LogP contribution is -2.11. The Morgan fingerprint density at radius 2 is 2.35 bits per heavy atom. The average Bonchev–Trinajstić information content (AvgIpc) is 2.77. The van der Waals surface area contributed by atoms with Crippen LogP contribution in [0, 0.1) is 0 Å². The summed E-state index contributed by atoms with van der Waals surface area (Å²) < 4.78 is 0. The third-order valence-electron chi connectivity index (χ3n) is 2.08. The number of carbonyl (C=O) groups is 1. The van der Waals surface area contributed by atoms with E-state index in [0.717, 1.165) is 11.3 Å². The number of thiazole rings is 1. The standard InChI is InChI=1S/C11H9ClN3OS/c1-2-7-6-14-11(17-7)15-10(16)8-4-3-5-13-9(8)12/h3-6H,2H2,1H3. The summed E-state index contributed by atoms with van der Waals surface area (Å²) in [5, 5.41) is 4.51. The Hall–Kier alpha value is -1.46. The molecule has 1 amide bonds. The van der Waals surface area contributed by atoms with Crippen molar-refractivity contribution in [3.05, 3.63) is 40.1 Å². The van der Waals surface area contributed by atoms with E-state index >= 15 is 0 Å². The van der Waals surface area contributed by atoms with Gasteiger partial charge < -0.3 is 0 Å². The van der Waals surface area contributed by atoms with Crippen molar-refractivity contribution in [2.24, 2.45) is 0 Å². The SMILES string of the molecule is CCc1cnc([N]C(=O)c2cccnc2Cl)s1. The molecule has 2 heterocycles. The minimum absolute atomic E-state index is 0.161. The van der Waals surface area contributed by atoms with Crippen molar-refractivity contribution in [1.29, 1.82) is 0 Å². The van der Waals surface area contributed by atoms with E-state index in [-0.39, 0.29) is 5.15 Å². The van der Waals surface area contributed by atoms with Crippen LogP contribution in [0.3, 0.4) is 0 Å². The Morgan fingerprint density at radius 1 is 1.53 bits per heavy atom. The molecule has 0 fully saturated rings. The zero-order valence-corrected chi connectivity index (χ0v) is 10.6. The van der Waals surface area contributed by atoms with Gasteiger partial charge in [0.05, 0.1) is 5.56 Å². The molecule has 0 atom stereocenters. The van der Waals surface area contributed by atoms with Gasteiger partial charge in [-0.05, 0) is 18.6 Å². The number of aryl methyl sites for hydroxylation is 1. The van der Waals surface area contributed by atoms with Gasteiger partial charge in [-0.15, -0.1) is 0 Å². The lowest BCUT2D eigenvalue weighted by atomic mass is 10.3. The van der Waals surface area contributed by atoms with Crippen LogP contribution in [0.4, 0.5) is 5.13 Å². The number of carbonyl (C=O) groups excluding carboxylic acids is 1. The highest BCUT2D eigenvalue weighted by Crippen LogP contribution is 2.20. The van der Waals surface area contributed by atoms with Gasteiger partial charge in [0.25, 0.3) is 5.91 Å². The van der Waals surface area contributed by atoms with E-state index < -0.39 is 5.91 Å². The molecule has 0 aliphatic rings. The van der Waals surface area contributed by atoms with E-state index in [9.17, 15) is 4.79 Å². The molecule has 0 spiro atoms. The molecule has 0 N–H and O–H groups in total. The number of rotatable bonds is 3. The normalized spacial score (nSPS) is 10.2. The summed E-state index contributed by atoms with van der Waals surface area (Å²) >= 11 is 7.21. The Balaban J connectivity index is 2.14. The topological polar surface area (TPSA) is 57.0 Å². The summed E-state index contributed by atoms with van der Waals surface area (Å²) in [4.78, 5) is 20.8. The maximum absolute atomic E-state index is 11.8. The first-order valence-corrected chi connectivity index (χ1v) is 6.21. The zero-order valence-electron chi connectivity index (χ0n) is 9.05. The van der Waals surface area contributed by atoms with E-state index in [1.54, 1.807) is 18.3 Å². The van der Waals surface area contributed by atoms with Crippen LogP contribution in [0.1, 0.15) is 22.2 Å². The number of hydrogen-bond donors (Lipinski definition) is 0. The van der Waals surface area contributed by atoms with Crippen LogP contribution in [-0.4, -0.2) is 15.9 Å². The van der Waals surface area contributed by atoms with Gasteiger partial charge in [-0.2, -0.15) is 5.32 Å². The van der Waals surface area contributed by atoms with Crippen molar-refractivity contribution in [3.8, 4) is 0 Å². The van der Waals surface area contributed by atoms with Crippen molar-refractivity contribution in [2.75, 3.05) is 0 Å². The maximum atomic E-state index is 11.8. The van der Waals surface area contributed by atoms with Gasteiger partial charge in [0.15, 0.2) is 0 Å². The molecule has 2 rings (SSSR count). The third-order valence-corrected chi connectivity index (χ3v) is 3.41. The smallest absolute Gasteiger partial charge is 0.267 e. The molecule has 2 aromatic rings. The first-order chi connectivity index (χ1) is 8.20. The van der Waals surface area contributed by atoms with E-state index in [2.05, 4.69) is 15.3 Å². The molecule has 4 nitrogen and oxygen atoms in total. The fraction of sp³-hybridized carbons (Fsp3) is 0.182. The van der Waals surface area contributed by atoms with Crippen molar-refractivity contribution in [3.63, 3.8) is 0 Å².